The van der Waals surface area contributed by atoms with Gasteiger partial charge in [-0.25, -0.2) is 0 Å². The fraction of sp³-hybridized carbons (Fsp3) is 0.520. The number of benzene rings is 2. The molecule has 1 heterocycles. The van der Waals surface area contributed by atoms with Crippen molar-refractivity contribution < 1.29 is 4.21 Å². The van der Waals surface area contributed by atoms with Crippen molar-refractivity contribution in [1.29, 1.82) is 0 Å². The Labute approximate surface area is 179 Å². The largest absolute Gasteiger partial charge is 0.399 e. The molecule has 2 N–H and O–H groups in total. The maximum Gasteiger partial charge on any atom is 0.0538 e. The SMILES string of the molecule is CCCCC1(CC)CS(=O)c2ccc(N(C)C)cc2C(c2cccc(N)c2)C1C. The Morgan fingerprint density at radius 3 is 2.55 bits per heavy atom. The predicted molar refractivity (Wildman–Crippen MR) is 126 cm³/mol. The van der Waals surface area contributed by atoms with Crippen LogP contribution in [0.2, 0.25) is 0 Å². The van der Waals surface area contributed by atoms with E-state index in [0.29, 0.717) is 5.92 Å². The van der Waals surface area contributed by atoms with Crippen LogP contribution in [0, 0.1) is 11.3 Å². The number of unbranched alkanes of at least 4 members (excludes halogenated alkanes) is 1. The van der Waals surface area contributed by atoms with Crippen LogP contribution in [-0.4, -0.2) is 24.1 Å². The Morgan fingerprint density at radius 2 is 1.93 bits per heavy atom. The minimum Gasteiger partial charge on any atom is -0.399 e. The molecule has 158 valence electrons. The Bertz CT molecular complexity index is 879. The lowest BCUT2D eigenvalue weighted by molar-refractivity contribution is 0.161. The van der Waals surface area contributed by atoms with Gasteiger partial charge in [-0.3, -0.25) is 4.21 Å². The van der Waals surface area contributed by atoms with Crippen molar-refractivity contribution in [2.75, 3.05) is 30.5 Å². The maximum atomic E-state index is 13.6. The molecule has 2 aromatic rings. The summed E-state index contributed by atoms with van der Waals surface area (Å²) in [6, 6.07) is 14.8. The first-order valence-electron chi connectivity index (χ1n) is 10.9. The lowest BCUT2D eigenvalue weighted by Gasteiger charge is -2.41. The number of rotatable bonds is 6. The molecule has 0 saturated heterocycles. The zero-order valence-electron chi connectivity index (χ0n) is 18.6. The third-order valence-electron chi connectivity index (χ3n) is 6.98. The molecule has 0 aliphatic carbocycles. The monoisotopic (exact) mass is 412 g/mol. The van der Waals surface area contributed by atoms with Crippen molar-refractivity contribution in [1.82, 2.24) is 0 Å². The van der Waals surface area contributed by atoms with Gasteiger partial charge in [0.1, 0.15) is 0 Å². The molecular formula is C25H36N2OS. The van der Waals surface area contributed by atoms with Crippen molar-refractivity contribution in [2.24, 2.45) is 11.3 Å². The lowest BCUT2D eigenvalue weighted by atomic mass is 9.64. The van der Waals surface area contributed by atoms with E-state index in [1.807, 2.05) is 12.1 Å². The van der Waals surface area contributed by atoms with E-state index in [2.05, 4.69) is 70.1 Å². The van der Waals surface area contributed by atoms with Gasteiger partial charge < -0.3 is 10.6 Å². The summed E-state index contributed by atoms with van der Waals surface area (Å²) in [6.07, 6.45) is 4.52. The smallest absolute Gasteiger partial charge is 0.0538 e. The molecule has 4 unspecified atom stereocenters. The molecule has 4 atom stereocenters. The second kappa shape index (κ2) is 8.91. The second-order valence-corrected chi connectivity index (χ2v) is 10.3. The average molecular weight is 413 g/mol. The van der Waals surface area contributed by atoms with Crippen LogP contribution in [-0.2, 0) is 10.8 Å². The summed E-state index contributed by atoms with van der Waals surface area (Å²) in [4.78, 5) is 3.13. The molecule has 0 amide bonds. The standard InChI is InChI=1S/C25H36N2OS/c1-6-8-14-25(7-2)17-29(28)23-13-12-21(27(4)5)16-22(23)24(18(25)3)19-10-9-11-20(26)15-19/h9-13,15-16,18,24H,6-8,14,17,26H2,1-5H3. The van der Waals surface area contributed by atoms with Crippen LogP contribution in [0.15, 0.2) is 47.4 Å². The number of nitrogens with two attached hydrogens (primary N) is 1. The van der Waals surface area contributed by atoms with E-state index in [0.717, 1.165) is 34.9 Å². The van der Waals surface area contributed by atoms with Gasteiger partial charge in [-0.2, -0.15) is 0 Å². The van der Waals surface area contributed by atoms with Gasteiger partial charge in [-0.15, -0.1) is 0 Å². The third-order valence-corrected chi connectivity index (χ3v) is 8.68. The highest BCUT2D eigenvalue weighted by Gasteiger charge is 2.44. The topological polar surface area (TPSA) is 46.3 Å². The maximum absolute atomic E-state index is 13.6. The van der Waals surface area contributed by atoms with E-state index >= 15 is 0 Å². The van der Waals surface area contributed by atoms with E-state index in [9.17, 15) is 4.21 Å². The van der Waals surface area contributed by atoms with Crippen molar-refractivity contribution >= 4 is 22.2 Å². The molecule has 29 heavy (non-hydrogen) atoms. The minimum atomic E-state index is -0.997. The first kappa shape index (κ1) is 21.9. The molecule has 0 aromatic heterocycles. The average Bonchev–Trinajstić information content (AvgIpc) is 2.79. The van der Waals surface area contributed by atoms with E-state index in [-0.39, 0.29) is 11.3 Å². The number of hydrogen-bond acceptors (Lipinski definition) is 3. The molecular weight excluding hydrogens is 376 g/mol. The summed E-state index contributed by atoms with van der Waals surface area (Å²) < 4.78 is 13.6. The highest BCUT2D eigenvalue weighted by Crippen LogP contribution is 2.52. The lowest BCUT2D eigenvalue weighted by Crippen LogP contribution is -2.36. The van der Waals surface area contributed by atoms with Gasteiger partial charge in [0, 0.05) is 42.0 Å². The van der Waals surface area contributed by atoms with Crippen LogP contribution in [0.5, 0.6) is 0 Å². The minimum absolute atomic E-state index is 0.0629. The Hall–Kier alpha value is -1.81. The summed E-state index contributed by atoms with van der Waals surface area (Å²) in [6.45, 7) is 6.90. The molecule has 0 fully saturated rings. The molecule has 2 aromatic carbocycles. The van der Waals surface area contributed by atoms with Gasteiger partial charge in [-0.1, -0.05) is 45.7 Å². The Balaban J connectivity index is 2.25. The molecule has 0 bridgehead atoms. The van der Waals surface area contributed by atoms with Crippen LogP contribution in [0.25, 0.3) is 0 Å². The van der Waals surface area contributed by atoms with Crippen molar-refractivity contribution in [3.8, 4) is 0 Å². The van der Waals surface area contributed by atoms with Crippen molar-refractivity contribution in [2.45, 2.75) is 57.3 Å². The molecule has 0 spiro atoms. The molecule has 1 aliphatic heterocycles. The van der Waals surface area contributed by atoms with Gasteiger partial charge in [0.15, 0.2) is 0 Å². The molecule has 4 heteroatoms. The highest BCUT2D eigenvalue weighted by atomic mass is 32.2. The fourth-order valence-electron chi connectivity index (χ4n) is 5.01. The van der Waals surface area contributed by atoms with Gasteiger partial charge in [0.25, 0.3) is 0 Å². The van der Waals surface area contributed by atoms with Crippen molar-refractivity contribution in [3.05, 3.63) is 53.6 Å². The number of nitrogen functional groups attached to an aromatic ring is 1. The van der Waals surface area contributed by atoms with Gasteiger partial charge in [0.05, 0.1) is 10.8 Å². The van der Waals surface area contributed by atoms with Crippen LogP contribution in [0.1, 0.15) is 63.5 Å². The number of hydrogen-bond donors (Lipinski definition) is 1. The zero-order chi connectivity index (χ0) is 21.2. The molecule has 3 rings (SSSR count). The molecule has 0 saturated carbocycles. The van der Waals surface area contributed by atoms with Crippen LogP contribution < -0.4 is 10.6 Å². The second-order valence-electron chi connectivity index (χ2n) is 8.86. The summed E-state index contributed by atoms with van der Waals surface area (Å²) in [5.74, 6) is 1.32. The Kier molecular flexibility index (Phi) is 6.72. The molecule has 3 nitrogen and oxygen atoms in total. The van der Waals surface area contributed by atoms with Gasteiger partial charge in [-0.05, 0) is 65.6 Å². The summed E-state index contributed by atoms with van der Waals surface area (Å²) in [7, 11) is 3.13. The molecule has 0 radical (unpaired) electrons. The zero-order valence-corrected chi connectivity index (χ0v) is 19.4. The number of anilines is 2. The molecule has 1 aliphatic rings. The van der Waals surface area contributed by atoms with Gasteiger partial charge >= 0.3 is 0 Å². The first-order valence-corrected chi connectivity index (χ1v) is 12.2. The van der Waals surface area contributed by atoms with Crippen LogP contribution in [0.4, 0.5) is 11.4 Å². The first-order chi connectivity index (χ1) is 13.8. The van der Waals surface area contributed by atoms with Crippen LogP contribution >= 0.6 is 0 Å². The number of nitrogens with zero attached hydrogens (tertiary/aromatic N) is 1. The van der Waals surface area contributed by atoms with E-state index in [1.54, 1.807) is 0 Å². The third kappa shape index (κ3) is 4.23. The van der Waals surface area contributed by atoms with Crippen LogP contribution in [0.3, 0.4) is 0 Å². The predicted octanol–water partition coefficient (Wildman–Crippen LogP) is 5.81. The van der Waals surface area contributed by atoms with E-state index < -0.39 is 10.8 Å². The summed E-state index contributed by atoms with van der Waals surface area (Å²) in [5, 5.41) is 0. The van der Waals surface area contributed by atoms with E-state index in [4.69, 9.17) is 5.73 Å². The van der Waals surface area contributed by atoms with E-state index in [1.165, 1.54) is 24.0 Å². The number of fused-ring (bicyclic) bond motifs is 1. The summed E-state index contributed by atoms with van der Waals surface area (Å²) in [5.41, 5.74) is 10.6. The fourth-order valence-corrected chi connectivity index (χ4v) is 6.97. The Morgan fingerprint density at radius 1 is 1.17 bits per heavy atom. The highest BCUT2D eigenvalue weighted by molar-refractivity contribution is 7.85. The quantitative estimate of drug-likeness (QED) is 0.609. The van der Waals surface area contributed by atoms with Crippen molar-refractivity contribution in [3.63, 3.8) is 0 Å². The normalized spacial score (nSPS) is 26.6. The van der Waals surface area contributed by atoms with Gasteiger partial charge in [0.2, 0.25) is 0 Å². The summed E-state index contributed by atoms with van der Waals surface area (Å²) >= 11 is 0.